The van der Waals surface area contributed by atoms with Crippen LogP contribution in [0.3, 0.4) is 0 Å². The van der Waals surface area contributed by atoms with E-state index >= 15 is 0 Å². The number of nitrogens with two attached hydrogens (primary N) is 1. The zero-order valence-corrected chi connectivity index (χ0v) is 29.7. The summed E-state index contributed by atoms with van der Waals surface area (Å²) >= 11 is 0. The van der Waals surface area contributed by atoms with Gasteiger partial charge in [-0.2, -0.15) is 18.7 Å². The molecule has 0 aromatic heterocycles. The Bertz CT molecular complexity index is 2030. The van der Waals surface area contributed by atoms with Gasteiger partial charge in [-0.1, -0.05) is 97.1 Å². The molecule has 0 bridgehead atoms. The van der Waals surface area contributed by atoms with E-state index in [1.807, 2.05) is 61.5 Å². The molecule has 0 aliphatic carbocycles. The molecular formula is C42H41F3N4O5. The Kier molecular flexibility index (Phi) is 13.6. The first-order valence-corrected chi connectivity index (χ1v) is 17.4. The number of ether oxygens (including phenoxy) is 1. The molecule has 6 rings (SSSR count). The summed E-state index contributed by atoms with van der Waals surface area (Å²) in [6, 6.07) is 38.3. The van der Waals surface area contributed by atoms with Crippen molar-refractivity contribution in [3.05, 3.63) is 149 Å². The molecule has 12 heteroatoms. The molecule has 0 spiro atoms. The predicted molar refractivity (Wildman–Crippen MR) is 200 cm³/mol. The summed E-state index contributed by atoms with van der Waals surface area (Å²) in [6.07, 6.45) is -5.01. The second-order valence-corrected chi connectivity index (χ2v) is 12.5. The first-order chi connectivity index (χ1) is 26.0. The zero-order valence-electron chi connectivity index (χ0n) is 29.7. The van der Waals surface area contributed by atoms with Crippen LogP contribution in [0.25, 0.3) is 11.1 Å². The maximum Gasteiger partial charge on any atom is 0.493 e. The number of halogens is 3. The molecule has 5 aromatic carbocycles. The van der Waals surface area contributed by atoms with Gasteiger partial charge >= 0.3 is 12.1 Å². The number of anilines is 1. The van der Waals surface area contributed by atoms with E-state index in [4.69, 9.17) is 10.5 Å². The lowest BCUT2D eigenvalue weighted by atomic mass is 9.99. The van der Waals surface area contributed by atoms with Crippen molar-refractivity contribution in [3.8, 4) is 22.6 Å². The third-order valence-corrected chi connectivity index (χ3v) is 8.63. The van der Waals surface area contributed by atoms with Crippen LogP contribution in [0, 0.1) is 6.92 Å². The Morgan fingerprint density at radius 1 is 0.815 bits per heavy atom. The summed E-state index contributed by atoms with van der Waals surface area (Å²) in [5, 5.41) is 3.34. The number of aryl methyl sites for hydroxylation is 1. The predicted octanol–water partition coefficient (Wildman–Crippen LogP) is 7.70. The number of rotatable bonds is 10. The van der Waals surface area contributed by atoms with Crippen LogP contribution in [0.1, 0.15) is 40.7 Å². The lowest BCUT2D eigenvalue weighted by Crippen LogP contribution is -2.36. The molecule has 1 aliphatic rings. The first kappa shape index (κ1) is 39.2. The maximum atomic E-state index is 13.6. The van der Waals surface area contributed by atoms with Crippen molar-refractivity contribution in [2.24, 2.45) is 5.73 Å². The minimum absolute atomic E-state index is 0.0980. The third-order valence-electron chi connectivity index (χ3n) is 8.63. The molecule has 9 nitrogen and oxygen atoms in total. The number of hydroxylamine groups is 1. The Balaban J connectivity index is 0.000000478. The number of alkyl halides is 3. The van der Waals surface area contributed by atoms with Gasteiger partial charge in [-0.15, -0.1) is 0 Å². The van der Waals surface area contributed by atoms with Gasteiger partial charge in [0.1, 0.15) is 5.75 Å². The highest BCUT2D eigenvalue weighted by molar-refractivity contribution is 5.96. The molecule has 280 valence electrons. The number of nitrogens with zero attached hydrogens (tertiary/aromatic N) is 1. The van der Waals surface area contributed by atoms with Crippen molar-refractivity contribution in [1.82, 2.24) is 10.8 Å². The van der Waals surface area contributed by atoms with Gasteiger partial charge in [0, 0.05) is 25.9 Å². The summed E-state index contributed by atoms with van der Waals surface area (Å²) in [4.78, 5) is 41.8. The van der Waals surface area contributed by atoms with Gasteiger partial charge in [-0.25, -0.2) is 4.79 Å². The average Bonchev–Trinajstić information content (AvgIpc) is 3.19. The molecule has 1 aliphatic heterocycles. The second-order valence-electron chi connectivity index (χ2n) is 12.5. The van der Waals surface area contributed by atoms with Crippen LogP contribution in [-0.2, 0) is 45.3 Å². The van der Waals surface area contributed by atoms with Crippen molar-refractivity contribution in [3.63, 3.8) is 0 Å². The molecule has 0 fully saturated rings. The molecular weight excluding hydrogens is 697 g/mol. The molecule has 54 heavy (non-hydrogen) atoms. The lowest BCUT2D eigenvalue weighted by molar-refractivity contribution is -0.207. The quantitative estimate of drug-likeness (QED) is 0.126. The number of nitrogens with one attached hydrogen (secondary N) is 2. The minimum Gasteiger partial charge on any atom is -0.455 e. The van der Waals surface area contributed by atoms with E-state index < -0.39 is 36.8 Å². The van der Waals surface area contributed by atoms with Gasteiger partial charge in [0.05, 0.1) is 12.2 Å². The standard InChI is InChI=1S/C33H30F3N3O5.C9H11N/c1-22-7-2-3-10-27(22)25-15-13-23(14-16-25)21-39(31(41)18-17-30(40)38-44-32(42)33(34,35)36)28-11-4-5-12-29(28)43-26-9-6-8-24(19-26)20-37;1-2-4-9-7-10-6-5-8(9)3-1/h2-16,19H,17-18,20-21,37H2,1H3,(H,38,40);1-4,10H,5-7H2. The normalized spacial score (nSPS) is 12.0. The lowest BCUT2D eigenvalue weighted by Gasteiger charge is -2.25. The summed E-state index contributed by atoms with van der Waals surface area (Å²) in [7, 11) is 0. The Morgan fingerprint density at radius 3 is 2.24 bits per heavy atom. The van der Waals surface area contributed by atoms with Gasteiger partial charge in [0.25, 0.3) is 5.91 Å². The van der Waals surface area contributed by atoms with Crippen LogP contribution in [-0.4, -0.2) is 30.5 Å². The number of carbonyl (C=O) groups excluding carboxylic acids is 3. The van der Waals surface area contributed by atoms with Crippen LogP contribution < -0.4 is 26.2 Å². The molecule has 4 N–H and O–H groups in total. The Morgan fingerprint density at radius 2 is 1.52 bits per heavy atom. The molecule has 5 aromatic rings. The summed E-state index contributed by atoms with van der Waals surface area (Å²) in [5.41, 5.74) is 15.4. The molecule has 0 radical (unpaired) electrons. The van der Waals surface area contributed by atoms with Crippen LogP contribution in [0.2, 0.25) is 0 Å². The highest BCUT2D eigenvalue weighted by Crippen LogP contribution is 2.34. The van der Waals surface area contributed by atoms with E-state index in [9.17, 15) is 27.6 Å². The maximum absolute atomic E-state index is 13.6. The van der Waals surface area contributed by atoms with Crippen LogP contribution in [0.15, 0.2) is 121 Å². The van der Waals surface area contributed by atoms with Gasteiger partial charge in [0.2, 0.25) is 5.91 Å². The second kappa shape index (κ2) is 18.7. The van der Waals surface area contributed by atoms with E-state index in [2.05, 4.69) is 34.4 Å². The smallest absolute Gasteiger partial charge is 0.455 e. The number of hydrogen-bond acceptors (Lipinski definition) is 7. The van der Waals surface area contributed by atoms with Crippen molar-refractivity contribution in [1.29, 1.82) is 0 Å². The number of amides is 2. The van der Waals surface area contributed by atoms with Crippen LogP contribution in [0.5, 0.6) is 11.5 Å². The topological polar surface area (TPSA) is 123 Å². The molecule has 2 amide bonds. The van der Waals surface area contributed by atoms with Gasteiger partial charge in [-0.05, 0) is 83.1 Å². The fourth-order valence-electron chi connectivity index (χ4n) is 5.79. The molecule has 1 heterocycles. The molecule has 0 saturated carbocycles. The van der Waals surface area contributed by atoms with Crippen molar-refractivity contribution < 1.29 is 37.1 Å². The van der Waals surface area contributed by atoms with Crippen molar-refractivity contribution in [2.45, 2.75) is 52.0 Å². The first-order valence-electron chi connectivity index (χ1n) is 17.4. The van der Waals surface area contributed by atoms with Gasteiger partial charge in [0.15, 0.2) is 5.75 Å². The SMILES string of the molecule is Cc1ccccc1-c1ccc(CN(C(=O)CCC(=O)NOC(=O)C(F)(F)F)c2ccccc2Oc2cccc(CN)c2)cc1.c1ccc2c(c1)CCNC2. The molecule has 0 unspecified atom stereocenters. The summed E-state index contributed by atoms with van der Waals surface area (Å²) in [5.74, 6) is -3.30. The molecule has 0 atom stereocenters. The Hall–Kier alpha value is -5.98. The monoisotopic (exact) mass is 738 g/mol. The number of benzene rings is 5. The van der Waals surface area contributed by atoms with E-state index in [0.29, 0.717) is 23.7 Å². The van der Waals surface area contributed by atoms with E-state index in [1.54, 1.807) is 42.5 Å². The fourth-order valence-corrected chi connectivity index (χ4v) is 5.79. The highest BCUT2D eigenvalue weighted by atomic mass is 19.4. The Labute approximate surface area is 311 Å². The largest absolute Gasteiger partial charge is 0.493 e. The highest BCUT2D eigenvalue weighted by Gasteiger charge is 2.42. The summed E-state index contributed by atoms with van der Waals surface area (Å²) < 4.78 is 43.3. The van der Waals surface area contributed by atoms with E-state index in [-0.39, 0.29) is 6.54 Å². The zero-order chi connectivity index (χ0) is 38.5. The van der Waals surface area contributed by atoms with Gasteiger partial charge in [-0.3, -0.25) is 9.59 Å². The third kappa shape index (κ3) is 11.0. The average molecular weight is 739 g/mol. The van der Waals surface area contributed by atoms with Crippen LogP contribution in [0.4, 0.5) is 18.9 Å². The van der Waals surface area contributed by atoms with Crippen LogP contribution >= 0.6 is 0 Å². The van der Waals surface area contributed by atoms with Crippen molar-refractivity contribution >= 4 is 23.5 Å². The number of carbonyl (C=O) groups is 3. The van der Waals surface area contributed by atoms with E-state index in [1.165, 1.54) is 27.9 Å². The number of para-hydroxylation sites is 2. The van der Waals surface area contributed by atoms with E-state index in [0.717, 1.165) is 40.9 Å². The minimum atomic E-state index is -5.28. The molecule has 0 saturated heterocycles. The van der Waals surface area contributed by atoms with Crippen molar-refractivity contribution in [2.75, 3.05) is 11.4 Å². The number of hydrogen-bond donors (Lipinski definition) is 3. The van der Waals surface area contributed by atoms with Gasteiger partial charge < -0.3 is 25.5 Å². The summed E-state index contributed by atoms with van der Waals surface area (Å²) in [6.45, 7) is 4.61. The fraction of sp³-hybridized carbons (Fsp3) is 0.214. The number of fused-ring (bicyclic) bond motifs is 1.